The van der Waals surface area contributed by atoms with E-state index in [-0.39, 0.29) is 23.3 Å². The molecule has 0 spiro atoms. The van der Waals surface area contributed by atoms with E-state index >= 15 is 0 Å². The molecule has 1 saturated heterocycles. The molecule has 1 aliphatic heterocycles. The van der Waals surface area contributed by atoms with E-state index in [0.29, 0.717) is 32.5 Å². The standard InChI is InChI=1S/C22H30N2O5S/c1-16(2)9-12-24(21(22(25)23-26)18-10-13-29-14-11-18)30(27,28)20-8-7-17-5-3-4-6-19(17)15-20/h3-8,15-16,18,21,26H,9-14H2,1-2H3,(H,23,25)/t21-/m1/s1. The van der Waals surface area contributed by atoms with Gasteiger partial charge in [-0.25, -0.2) is 13.9 Å². The van der Waals surface area contributed by atoms with E-state index < -0.39 is 22.0 Å². The highest BCUT2D eigenvalue weighted by Crippen LogP contribution is 2.30. The minimum atomic E-state index is -3.97. The number of carbonyl (C=O) groups is 1. The average Bonchev–Trinajstić information content (AvgIpc) is 2.76. The van der Waals surface area contributed by atoms with Gasteiger partial charge in [-0.05, 0) is 54.0 Å². The van der Waals surface area contributed by atoms with E-state index in [1.165, 1.54) is 4.31 Å². The van der Waals surface area contributed by atoms with E-state index in [1.807, 2.05) is 38.1 Å². The molecule has 0 aromatic heterocycles. The lowest BCUT2D eigenvalue weighted by Gasteiger charge is -2.36. The van der Waals surface area contributed by atoms with Gasteiger partial charge in [0, 0.05) is 19.8 Å². The number of sulfonamides is 1. The Morgan fingerprint density at radius 2 is 1.83 bits per heavy atom. The number of fused-ring (bicyclic) bond motifs is 1. The van der Waals surface area contributed by atoms with Crippen molar-refractivity contribution in [2.24, 2.45) is 11.8 Å². The smallest absolute Gasteiger partial charge is 0.262 e. The summed E-state index contributed by atoms with van der Waals surface area (Å²) in [5.74, 6) is -0.671. The number of hydrogen-bond donors (Lipinski definition) is 2. The van der Waals surface area contributed by atoms with Gasteiger partial charge in [-0.3, -0.25) is 10.0 Å². The van der Waals surface area contributed by atoms with Gasteiger partial charge in [-0.1, -0.05) is 44.2 Å². The van der Waals surface area contributed by atoms with Crippen molar-refractivity contribution in [1.29, 1.82) is 0 Å². The molecule has 1 aliphatic rings. The Morgan fingerprint density at radius 3 is 2.47 bits per heavy atom. The number of nitrogens with one attached hydrogen (secondary N) is 1. The van der Waals surface area contributed by atoms with Gasteiger partial charge in [0.15, 0.2) is 0 Å². The molecule has 8 heteroatoms. The zero-order valence-electron chi connectivity index (χ0n) is 17.5. The monoisotopic (exact) mass is 434 g/mol. The largest absolute Gasteiger partial charge is 0.381 e. The Balaban J connectivity index is 2.05. The fourth-order valence-electron chi connectivity index (χ4n) is 3.94. The molecule has 0 unspecified atom stereocenters. The summed E-state index contributed by atoms with van der Waals surface area (Å²) in [7, 11) is -3.97. The highest BCUT2D eigenvalue weighted by molar-refractivity contribution is 7.89. The van der Waals surface area contributed by atoms with Crippen molar-refractivity contribution in [3.63, 3.8) is 0 Å². The maximum absolute atomic E-state index is 13.7. The zero-order chi connectivity index (χ0) is 21.7. The minimum absolute atomic E-state index is 0.146. The molecular formula is C22H30N2O5S. The maximum atomic E-state index is 13.7. The van der Waals surface area contributed by atoms with Crippen LogP contribution in [0, 0.1) is 11.8 Å². The number of amides is 1. The van der Waals surface area contributed by atoms with Crippen LogP contribution < -0.4 is 5.48 Å². The van der Waals surface area contributed by atoms with E-state index in [2.05, 4.69) is 0 Å². The summed E-state index contributed by atoms with van der Waals surface area (Å²) < 4.78 is 34.1. The predicted octanol–water partition coefficient (Wildman–Crippen LogP) is 3.18. The van der Waals surface area contributed by atoms with Crippen molar-refractivity contribution >= 4 is 26.7 Å². The molecule has 3 rings (SSSR count). The van der Waals surface area contributed by atoms with E-state index in [0.717, 1.165) is 10.8 Å². The van der Waals surface area contributed by atoms with Crippen LogP contribution in [-0.2, 0) is 19.6 Å². The van der Waals surface area contributed by atoms with Crippen molar-refractivity contribution in [2.75, 3.05) is 19.8 Å². The van der Waals surface area contributed by atoms with Crippen LogP contribution in [-0.4, -0.2) is 49.6 Å². The summed E-state index contributed by atoms with van der Waals surface area (Å²) in [6.45, 7) is 5.15. The Bertz CT molecular complexity index is 970. The second-order valence-corrected chi connectivity index (χ2v) is 10.1. The zero-order valence-corrected chi connectivity index (χ0v) is 18.3. The van der Waals surface area contributed by atoms with Crippen molar-refractivity contribution in [3.05, 3.63) is 42.5 Å². The third kappa shape index (κ3) is 5.00. The number of rotatable bonds is 8. The van der Waals surface area contributed by atoms with Gasteiger partial charge in [0.05, 0.1) is 4.90 Å². The third-order valence-electron chi connectivity index (χ3n) is 5.66. The first-order valence-electron chi connectivity index (χ1n) is 10.4. The Morgan fingerprint density at radius 1 is 1.17 bits per heavy atom. The number of hydrogen-bond acceptors (Lipinski definition) is 5. The first kappa shape index (κ1) is 22.7. The van der Waals surface area contributed by atoms with Crippen LogP contribution in [0.3, 0.4) is 0 Å². The molecular weight excluding hydrogens is 404 g/mol. The predicted molar refractivity (Wildman–Crippen MR) is 115 cm³/mol. The van der Waals surface area contributed by atoms with Crippen molar-refractivity contribution in [1.82, 2.24) is 9.79 Å². The van der Waals surface area contributed by atoms with Crippen molar-refractivity contribution < 1.29 is 23.2 Å². The van der Waals surface area contributed by atoms with Gasteiger partial charge in [0.25, 0.3) is 5.91 Å². The Kier molecular flexibility index (Phi) is 7.46. The van der Waals surface area contributed by atoms with Crippen LogP contribution in [0.15, 0.2) is 47.4 Å². The number of hydroxylamine groups is 1. The summed E-state index contributed by atoms with van der Waals surface area (Å²) in [5, 5.41) is 11.1. The molecule has 2 aromatic rings. The lowest BCUT2D eigenvalue weighted by Crippen LogP contribution is -2.54. The summed E-state index contributed by atoms with van der Waals surface area (Å²) >= 11 is 0. The van der Waals surface area contributed by atoms with Gasteiger partial charge in [-0.15, -0.1) is 0 Å². The van der Waals surface area contributed by atoms with Crippen molar-refractivity contribution in [3.8, 4) is 0 Å². The highest BCUT2D eigenvalue weighted by atomic mass is 32.2. The van der Waals surface area contributed by atoms with Crippen LogP contribution in [0.25, 0.3) is 10.8 Å². The lowest BCUT2D eigenvalue weighted by atomic mass is 9.91. The number of benzene rings is 2. The highest BCUT2D eigenvalue weighted by Gasteiger charge is 2.41. The first-order valence-corrected chi connectivity index (χ1v) is 11.8. The summed E-state index contributed by atoms with van der Waals surface area (Å²) in [6, 6.07) is 11.6. The lowest BCUT2D eigenvalue weighted by molar-refractivity contribution is -0.136. The Labute approximate surface area is 178 Å². The second kappa shape index (κ2) is 9.87. The summed E-state index contributed by atoms with van der Waals surface area (Å²) in [6.07, 6.45) is 1.72. The Hall–Kier alpha value is -2.00. The normalized spacial score (nSPS) is 16.8. The van der Waals surface area contributed by atoms with Crippen LogP contribution in [0.2, 0.25) is 0 Å². The molecule has 1 fully saturated rings. The average molecular weight is 435 g/mol. The van der Waals surface area contributed by atoms with Crippen LogP contribution in [0.4, 0.5) is 0 Å². The van der Waals surface area contributed by atoms with Crippen LogP contribution in [0.1, 0.15) is 33.1 Å². The van der Waals surface area contributed by atoms with E-state index in [9.17, 15) is 18.4 Å². The molecule has 30 heavy (non-hydrogen) atoms. The molecule has 1 atom stereocenters. The number of nitrogens with zero attached hydrogens (tertiary/aromatic N) is 1. The quantitative estimate of drug-likeness (QED) is 0.491. The number of ether oxygens (including phenoxy) is 1. The summed E-state index contributed by atoms with van der Waals surface area (Å²) in [5.41, 5.74) is 1.70. The molecule has 1 heterocycles. The van der Waals surface area contributed by atoms with Crippen LogP contribution >= 0.6 is 0 Å². The fraction of sp³-hybridized carbons (Fsp3) is 0.500. The van der Waals surface area contributed by atoms with Gasteiger partial charge in [-0.2, -0.15) is 4.31 Å². The van der Waals surface area contributed by atoms with E-state index in [1.54, 1.807) is 23.7 Å². The van der Waals surface area contributed by atoms with Gasteiger partial charge >= 0.3 is 0 Å². The summed E-state index contributed by atoms with van der Waals surface area (Å²) in [4.78, 5) is 12.8. The molecule has 0 aliphatic carbocycles. The fourth-order valence-corrected chi connectivity index (χ4v) is 5.63. The molecule has 0 radical (unpaired) electrons. The van der Waals surface area contributed by atoms with Crippen LogP contribution in [0.5, 0.6) is 0 Å². The van der Waals surface area contributed by atoms with Gasteiger partial charge in [0.2, 0.25) is 10.0 Å². The molecule has 0 bridgehead atoms. The van der Waals surface area contributed by atoms with E-state index in [4.69, 9.17) is 4.74 Å². The van der Waals surface area contributed by atoms with Gasteiger partial charge < -0.3 is 4.74 Å². The minimum Gasteiger partial charge on any atom is -0.381 e. The van der Waals surface area contributed by atoms with Crippen molar-refractivity contribution in [2.45, 2.75) is 44.0 Å². The second-order valence-electron chi connectivity index (χ2n) is 8.18. The third-order valence-corrected chi connectivity index (χ3v) is 7.53. The molecule has 0 saturated carbocycles. The number of carbonyl (C=O) groups excluding carboxylic acids is 1. The SMILES string of the molecule is CC(C)CCN([C@@H](C(=O)NO)C1CCOCC1)S(=O)(=O)c1ccc2ccccc2c1. The maximum Gasteiger partial charge on any atom is 0.262 e. The van der Waals surface area contributed by atoms with Gasteiger partial charge in [0.1, 0.15) is 6.04 Å². The first-order chi connectivity index (χ1) is 14.3. The topological polar surface area (TPSA) is 95.9 Å². The molecule has 2 aromatic carbocycles. The molecule has 2 N–H and O–H groups in total. The molecule has 1 amide bonds. The molecule has 7 nitrogen and oxygen atoms in total. The molecule has 164 valence electrons.